The Bertz CT molecular complexity index is 715. The fourth-order valence-electron chi connectivity index (χ4n) is 1.62. The number of nitrogens with zero attached hydrogens (tertiary/aromatic N) is 2. The van der Waals surface area contributed by atoms with Crippen LogP contribution >= 0.6 is 23.1 Å². The SMILES string of the molecule is CN(C)C(=O)Nc1snc(OCc2ccc(Cl)cc2)c1C(N)=O. The molecule has 2 aromatic rings. The Hall–Kier alpha value is -2.32. The number of primary amides is 1. The molecule has 0 saturated carbocycles. The maximum absolute atomic E-state index is 11.7. The third-order valence-electron chi connectivity index (χ3n) is 2.82. The largest absolute Gasteiger partial charge is 0.472 e. The highest BCUT2D eigenvalue weighted by Crippen LogP contribution is 2.31. The van der Waals surface area contributed by atoms with E-state index in [0.29, 0.717) is 5.02 Å². The summed E-state index contributed by atoms with van der Waals surface area (Å²) in [6.07, 6.45) is 0. The van der Waals surface area contributed by atoms with E-state index in [9.17, 15) is 9.59 Å². The first kappa shape index (κ1) is 17.0. The van der Waals surface area contributed by atoms with Crippen LogP contribution in [0.5, 0.6) is 5.88 Å². The summed E-state index contributed by atoms with van der Waals surface area (Å²) in [5, 5.41) is 3.43. The van der Waals surface area contributed by atoms with E-state index in [2.05, 4.69) is 9.69 Å². The molecule has 23 heavy (non-hydrogen) atoms. The van der Waals surface area contributed by atoms with Crippen LogP contribution in [0, 0.1) is 0 Å². The van der Waals surface area contributed by atoms with Crippen LogP contribution in [0.1, 0.15) is 15.9 Å². The molecule has 0 saturated heterocycles. The third kappa shape index (κ3) is 4.33. The highest BCUT2D eigenvalue weighted by Gasteiger charge is 2.22. The average Bonchev–Trinajstić information content (AvgIpc) is 2.89. The number of carbonyl (C=O) groups is 2. The number of nitrogens with two attached hydrogens (primary N) is 1. The van der Waals surface area contributed by atoms with Crippen LogP contribution in [0.15, 0.2) is 24.3 Å². The van der Waals surface area contributed by atoms with Gasteiger partial charge in [0, 0.05) is 19.1 Å². The first-order valence-electron chi connectivity index (χ1n) is 6.53. The Labute approximate surface area is 142 Å². The van der Waals surface area contributed by atoms with E-state index in [4.69, 9.17) is 22.1 Å². The Morgan fingerprint density at radius 3 is 2.57 bits per heavy atom. The molecular formula is C14H15ClN4O3S. The monoisotopic (exact) mass is 354 g/mol. The van der Waals surface area contributed by atoms with Gasteiger partial charge in [0.2, 0.25) is 5.88 Å². The van der Waals surface area contributed by atoms with E-state index in [-0.39, 0.29) is 29.1 Å². The number of carbonyl (C=O) groups excluding carboxylic acids is 2. The second-order valence-corrected chi connectivity index (χ2v) is 6.01. The van der Waals surface area contributed by atoms with Gasteiger partial charge in [0.15, 0.2) is 0 Å². The Morgan fingerprint density at radius 1 is 1.35 bits per heavy atom. The summed E-state index contributed by atoms with van der Waals surface area (Å²) in [4.78, 5) is 24.7. The average molecular weight is 355 g/mol. The summed E-state index contributed by atoms with van der Waals surface area (Å²) in [6.45, 7) is 0.197. The lowest BCUT2D eigenvalue weighted by Gasteiger charge is -2.11. The molecule has 7 nitrogen and oxygen atoms in total. The van der Waals surface area contributed by atoms with Gasteiger partial charge < -0.3 is 15.4 Å². The molecule has 0 aliphatic heterocycles. The second kappa shape index (κ2) is 7.30. The van der Waals surface area contributed by atoms with Gasteiger partial charge in [-0.2, -0.15) is 4.37 Å². The second-order valence-electron chi connectivity index (χ2n) is 4.80. The van der Waals surface area contributed by atoms with Crippen molar-refractivity contribution >= 4 is 40.1 Å². The van der Waals surface area contributed by atoms with Crippen molar-refractivity contribution in [1.82, 2.24) is 9.27 Å². The molecular weight excluding hydrogens is 340 g/mol. The Balaban J connectivity index is 2.15. The summed E-state index contributed by atoms with van der Waals surface area (Å²) in [7, 11) is 3.16. The maximum atomic E-state index is 11.7. The summed E-state index contributed by atoms with van der Waals surface area (Å²) < 4.78 is 9.58. The lowest BCUT2D eigenvalue weighted by atomic mass is 10.2. The highest BCUT2D eigenvalue weighted by molar-refractivity contribution is 7.11. The van der Waals surface area contributed by atoms with Crippen LogP contribution in [0.2, 0.25) is 5.02 Å². The molecule has 3 amide bonds. The van der Waals surface area contributed by atoms with Crippen LogP contribution in [0.3, 0.4) is 0 Å². The van der Waals surface area contributed by atoms with Gasteiger partial charge in [-0.3, -0.25) is 10.1 Å². The van der Waals surface area contributed by atoms with Gasteiger partial charge in [-0.15, -0.1) is 0 Å². The number of nitrogens with one attached hydrogen (secondary N) is 1. The summed E-state index contributed by atoms with van der Waals surface area (Å²) in [6, 6.07) is 6.68. The van der Waals surface area contributed by atoms with Gasteiger partial charge in [0.1, 0.15) is 17.2 Å². The first-order valence-corrected chi connectivity index (χ1v) is 7.68. The molecule has 0 aliphatic carbocycles. The molecule has 0 aliphatic rings. The molecule has 3 N–H and O–H groups in total. The molecule has 9 heteroatoms. The number of benzene rings is 1. The number of anilines is 1. The van der Waals surface area contributed by atoms with E-state index < -0.39 is 5.91 Å². The lowest BCUT2D eigenvalue weighted by Crippen LogP contribution is -2.28. The fraction of sp³-hybridized carbons (Fsp3) is 0.214. The van der Waals surface area contributed by atoms with Crippen molar-refractivity contribution in [3.05, 3.63) is 40.4 Å². The molecule has 0 atom stereocenters. The van der Waals surface area contributed by atoms with Crippen molar-refractivity contribution in [3.63, 3.8) is 0 Å². The minimum absolute atomic E-state index is 0.0548. The molecule has 0 unspecified atom stereocenters. The minimum Gasteiger partial charge on any atom is -0.472 e. The van der Waals surface area contributed by atoms with Gasteiger partial charge in [0.05, 0.1) is 0 Å². The number of hydrogen-bond donors (Lipinski definition) is 2. The standard InChI is InChI=1S/C14H15ClN4O3S/c1-19(2)14(21)17-13-10(11(16)20)12(18-23-13)22-7-8-3-5-9(15)6-4-8/h3-6H,7H2,1-2H3,(H2,16,20)(H,17,21). The number of aromatic nitrogens is 1. The zero-order chi connectivity index (χ0) is 17.0. The van der Waals surface area contributed by atoms with Crippen molar-refractivity contribution in [3.8, 4) is 5.88 Å². The van der Waals surface area contributed by atoms with Gasteiger partial charge in [-0.05, 0) is 29.2 Å². The van der Waals surface area contributed by atoms with Gasteiger partial charge in [-0.1, -0.05) is 23.7 Å². The van der Waals surface area contributed by atoms with Gasteiger partial charge in [-0.25, -0.2) is 4.79 Å². The van der Waals surface area contributed by atoms with Crippen molar-refractivity contribution in [2.75, 3.05) is 19.4 Å². The Morgan fingerprint density at radius 2 is 2.00 bits per heavy atom. The zero-order valence-corrected chi connectivity index (χ0v) is 14.1. The fourth-order valence-corrected chi connectivity index (χ4v) is 2.47. The number of urea groups is 1. The number of ether oxygens (including phenoxy) is 1. The molecule has 2 rings (SSSR count). The van der Waals surface area contributed by atoms with Gasteiger partial charge >= 0.3 is 6.03 Å². The van der Waals surface area contributed by atoms with Crippen molar-refractivity contribution in [1.29, 1.82) is 0 Å². The molecule has 1 aromatic heterocycles. The van der Waals surface area contributed by atoms with E-state index in [1.165, 1.54) is 4.90 Å². The Kier molecular flexibility index (Phi) is 5.41. The van der Waals surface area contributed by atoms with Crippen LogP contribution in [-0.4, -0.2) is 35.3 Å². The molecule has 1 aromatic carbocycles. The molecule has 0 bridgehead atoms. The minimum atomic E-state index is -0.723. The number of halogens is 1. The van der Waals surface area contributed by atoms with Crippen LogP contribution in [0.25, 0.3) is 0 Å². The van der Waals surface area contributed by atoms with Crippen molar-refractivity contribution in [2.24, 2.45) is 5.73 Å². The molecule has 0 fully saturated rings. The molecule has 0 spiro atoms. The van der Waals surface area contributed by atoms with E-state index in [1.54, 1.807) is 38.4 Å². The topological polar surface area (TPSA) is 97.6 Å². The lowest BCUT2D eigenvalue weighted by molar-refractivity contribution is 0.0996. The quantitative estimate of drug-likeness (QED) is 0.862. The molecule has 0 radical (unpaired) electrons. The van der Waals surface area contributed by atoms with Crippen molar-refractivity contribution < 1.29 is 14.3 Å². The summed E-state index contributed by atoms with van der Waals surface area (Å²) in [5.41, 5.74) is 6.28. The van der Waals surface area contributed by atoms with E-state index in [0.717, 1.165) is 17.1 Å². The maximum Gasteiger partial charge on any atom is 0.321 e. The predicted molar refractivity (Wildman–Crippen MR) is 89.1 cm³/mol. The summed E-state index contributed by atoms with van der Waals surface area (Å²) >= 11 is 6.75. The first-order chi connectivity index (χ1) is 10.9. The van der Waals surface area contributed by atoms with Crippen molar-refractivity contribution in [2.45, 2.75) is 6.61 Å². The van der Waals surface area contributed by atoms with Crippen LogP contribution in [0.4, 0.5) is 9.80 Å². The van der Waals surface area contributed by atoms with Crippen LogP contribution < -0.4 is 15.8 Å². The van der Waals surface area contributed by atoms with Crippen LogP contribution in [-0.2, 0) is 6.61 Å². The zero-order valence-electron chi connectivity index (χ0n) is 12.5. The normalized spacial score (nSPS) is 10.2. The number of amides is 3. The van der Waals surface area contributed by atoms with E-state index in [1.807, 2.05) is 0 Å². The number of rotatable bonds is 5. The van der Waals surface area contributed by atoms with Gasteiger partial charge in [0.25, 0.3) is 5.91 Å². The summed E-state index contributed by atoms with van der Waals surface area (Å²) in [5.74, 6) is -0.634. The smallest absolute Gasteiger partial charge is 0.321 e. The molecule has 122 valence electrons. The third-order valence-corrected chi connectivity index (χ3v) is 3.82. The van der Waals surface area contributed by atoms with E-state index >= 15 is 0 Å². The predicted octanol–water partition coefficient (Wildman–Crippen LogP) is 2.57. The molecule has 1 heterocycles. The highest BCUT2D eigenvalue weighted by atomic mass is 35.5. The number of hydrogen-bond acceptors (Lipinski definition) is 5.